The van der Waals surface area contributed by atoms with Gasteiger partial charge in [0.1, 0.15) is 5.15 Å². The van der Waals surface area contributed by atoms with E-state index in [1.807, 2.05) is 0 Å². The van der Waals surface area contributed by atoms with Crippen LogP contribution in [0, 0.1) is 0 Å². The van der Waals surface area contributed by atoms with Crippen molar-refractivity contribution in [3.8, 4) is 0 Å². The molecule has 1 aromatic rings. The molecule has 13 heavy (non-hydrogen) atoms. The SMILES string of the molecule is O=c1ccc(Cl)nn1CCCCBr. The van der Waals surface area contributed by atoms with Crippen LogP contribution in [0.2, 0.25) is 5.15 Å². The van der Waals surface area contributed by atoms with Crippen LogP contribution in [0.5, 0.6) is 0 Å². The Hall–Kier alpha value is -0.350. The first kappa shape index (κ1) is 10.7. The van der Waals surface area contributed by atoms with E-state index in [2.05, 4.69) is 21.0 Å². The quantitative estimate of drug-likeness (QED) is 0.617. The van der Waals surface area contributed by atoms with Gasteiger partial charge in [0.25, 0.3) is 5.56 Å². The Labute approximate surface area is 89.8 Å². The van der Waals surface area contributed by atoms with Gasteiger partial charge in [-0.25, -0.2) is 4.68 Å². The van der Waals surface area contributed by atoms with Crippen LogP contribution in [0.4, 0.5) is 0 Å². The predicted molar refractivity (Wildman–Crippen MR) is 56.5 cm³/mol. The molecule has 3 nitrogen and oxygen atoms in total. The van der Waals surface area contributed by atoms with Crippen molar-refractivity contribution in [2.24, 2.45) is 0 Å². The molecule has 0 aliphatic carbocycles. The minimum absolute atomic E-state index is 0.0982. The van der Waals surface area contributed by atoms with Crippen LogP contribution >= 0.6 is 27.5 Å². The summed E-state index contributed by atoms with van der Waals surface area (Å²) < 4.78 is 1.39. The largest absolute Gasteiger partial charge is 0.268 e. The molecular formula is C8H10BrClN2O. The van der Waals surface area contributed by atoms with Crippen molar-refractivity contribution in [1.29, 1.82) is 0 Å². The van der Waals surface area contributed by atoms with Gasteiger partial charge in [-0.05, 0) is 18.9 Å². The molecule has 0 atom stereocenters. The molecule has 0 aliphatic heterocycles. The number of hydrogen-bond acceptors (Lipinski definition) is 2. The maximum absolute atomic E-state index is 11.2. The van der Waals surface area contributed by atoms with Crippen molar-refractivity contribution >= 4 is 27.5 Å². The van der Waals surface area contributed by atoms with Crippen LogP contribution in [-0.2, 0) is 6.54 Å². The van der Waals surface area contributed by atoms with E-state index in [9.17, 15) is 4.79 Å². The second-order valence-electron chi connectivity index (χ2n) is 2.61. The molecule has 0 saturated carbocycles. The highest BCUT2D eigenvalue weighted by atomic mass is 79.9. The second kappa shape index (κ2) is 5.40. The Bertz CT molecular complexity index is 326. The number of halogens is 2. The second-order valence-corrected chi connectivity index (χ2v) is 3.79. The molecule has 0 amide bonds. The van der Waals surface area contributed by atoms with E-state index in [1.54, 1.807) is 0 Å². The van der Waals surface area contributed by atoms with Gasteiger partial charge in [0.05, 0.1) is 0 Å². The van der Waals surface area contributed by atoms with Crippen molar-refractivity contribution in [3.63, 3.8) is 0 Å². The van der Waals surface area contributed by atoms with Gasteiger partial charge in [-0.2, -0.15) is 5.10 Å². The van der Waals surface area contributed by atoms with Crippen molar-refractivity contribution in [2.45, 2.75) is 19.4 Å². The third-order valence-corrected chi connectivity index (χ3v) is 2.35. The lowest BCUT2D eigenvalue weighted by molar-refractivity contribution is 0.545. The fourth-order valence-electron chi connectivity index (χ4n) is 0.940. The summed E-state index contributed by atoms with van der Waals surface area (Å²) in [4.78, 5) is 11.2. The normalized spacial score (nSPS) is 10.3. The molecular weight excluding hydrogens is 255 g/mol. The minimum atomic E-state index is -0.0982. The van der Waals surface area contributed by atoms with Gasteiger partial charge in [-0.3, -0.25) is 4.79 Å². The maximum Gasteiger partial charge on any atom is 0.266 e. The summed E-state index contributed by atoms with van der Waals surface area (Å²) in [6.07, 6.45) is 1.96. The molecule has 0 spiro atoms. The number of aryl methyl sites for hydroxylation is 1. The van der Waals surface area contributed by atoms with E-state index in [0.29, 0.717) is 11.7 Å². The summed E-state index contributed by atoms with van der Waals surface area (Å²) >= 11 is 8.97. The molecule has 1 heterocycles. The van der Waals surface area contributed by atoms with Crippen LogP contribution in [0.3, 0.4) is 0 Å². The first-order valence-electron chi connectivity index (χ1n) is 4.03. The smallest absolute Gasteiger partial charge is 0.266 e. The molecule has 0 N–H and O–H groups in total. The van der Waals surface area contributed by atoms with E-state index >= 15 is 0 Å². The number of rotatable bonds is 4. The molecule has 1 rings (SSSR count). The van der Waals surface area contributed by atoms with Gasteiger partial charge < -0.3 is 0 Å². The van der Waals surface area contributed by atoms with E-state index in [4.69, 9.17) is 11.6 Å². The zero-order valence-corrected chi connectivity index (χ0v) is 9.38. The highest BCUT2D eigenvalue weighted by Gasteiger charge is 1.97. The number of unbranched alkanes of at least 4 members (excludes halogenated alkanes) is 1. The average Bonchev–Trinajstić information content (AvgIpc) is 2.11. The van der Waals surface area contributed by atoms with Crippen LogP contribution < -0.4 is 5.56 Å². The molecule has 0 aromatic carbocycles. The summed E-state index contributed by atoms with van der Waals surface area (Å²) in [6.45, 7) is 0.630. The summed E-state index contributed by atoms with van der Waals surface area (Å²) in [6, 6.07) is 2.94. The zero-order valence-electron chi connectivity index (χ0n) is 7.04. The van der Waals surface area contributed by atoms with Gasteiger partial charge in [-0.1, -0.05) is 27.5 Å². The van der Waals surface area contributed by atoms with E-state index < -0.39 is 0 Å². The van der Waals surface area contributed by atoms with Gasteiger partial charge >= 0.3 is 0 Å². The Morgan fingerprint density at radius 3 is 2.92 bits per heavy atom. The Balaban J connectivity index is 2.65. The average molecular weight is 266 g/mol. The molecule has 0 unspecified atom stereocenters. The van der Waals surface area contributed by atoms with E-state index in [1.165, 1.54) is 16.8 Å². The lowest BCUT2D eigenvalue weighted by Crippen LogP contribution is -2.21. The minimum Gasteiger partial charge on any atom is -0.268 e. The van der Waals surface area contributed by atoms with Crippen molar-refractivity contribution in [3.05, 3.63) is 27.6 Å². The Morgan fingerprint density at radius 2 is 2.23 bits per heavy atom. The summed E-state index contributed by atoms with van der Waals surface area (Å²) in [7, 11) is 0. The summed E-state index contributed by atoms with van der Waals surface area (Å²) in [5.74, 6) is 0. The molecule has 0 radical (unpaired) electrons. The highest BCUT2D eigenvalue weighted by Crippen LogP contribution is 2.00. The number of alkyl halides is 1. The topological polar surface area (TPSA) is 34.9 Å². The first-order chi connectivity index (χ1) is 6.24. The van der Waals surface area contributed by atoms with Crippen LogP contribution in [-0.4, -0.2) is 15.1 Å². The molecule has 72 valence electrons. The van der Waals surface area contributed by atoms with E-state index in [0.717, 1.165) is 18.2 Å². The van der Waals surface area contributed by atoms with Crippen molar-refractivity contribution in [2.75, 3.05) is 5.33 Å². The maximum atomic E-state index is 11.2. The summed E-state index contributed by atoms with van der Waals surface area (Å²) in [5.41, 5.74) is -0.0982. The van der Waals surface area contributed by atoms with Gasteiger partial charge in [0, 0.05) is 17.9 Å². The standard InChI is InChI=1S/C8H10BrClN2O/c9-5-1-2-6-12-8(13)4-3-7(10)11-12/h3-4H,1-2,5-6H2. The molecule has 0 saturated heterocycles. The van der Waals surface area contributed by atoms with Gasteiger partial charge in [-0.15, -0.1) is 0 Å². The third kappa shape index (κ3) is 3.48. The molecule has 0 fully saturated rings. The van der Waals surface area contributed by atoms with Gasteiger partial charge in [0.2, 0.25) is 0 Å². The van der Waals surface area contributed by atoms with Crippen molar-refractivity contribution in [1.82, 2.24) is 9.78 Å². The van der Waals surface area contributed by atoms with Crippen molar-refractivity contribution < 1.29 is 0 Å². The molecule has 1 aromatic heterocycles. The van der Waals surface area contributed by atoms with Crippen LogP contribution in [0.15, 0.2) is 16.9 Å². The lowest BCUT2D eigenvalue weighted by atomic mass is 10.3. The summed E-state index contributed by atoms with van der Waals surface area (Å²) in [5, 5.41) is 5.21. The van der Waals surface area contributed by atoms with Crippen LogP contribution in [0.25, 0.3) is 0 Å². The number of hydrogen-bond donors (Lipinski definition) is 0. The third-order valence-electron chi connectivity index (χ3n) is 1.59. The Kier molecular flexibility index (Phi) is 4.45. The number of aromatic nitrogens is 2. The predicted octanol–water partition coefficient (Wildman–Crippen LogP) is 2.07. The first-order valence-corrected chi connectivity index (χ1v) is 5.53. The fraction of sp³-hybridized carbons (Fsp3) is 0.500. The Morgan fingerprint density at radius 1 is 1.46 bits per heavy atom. The fourth-order valence-corrected chi connectivity index (χ4v) is 1.49. The molecule has 0 aliphatic rings. The number of nitrogens with zero attached hydrogens (tertiary/aromatic N) is 2. The lowest BCUT2D eigenvalue weighted by Gasteiger charge is -2.02. The van der Waals surface area contributed by atoms with Crippen LogP contribution in [0.1, 0.15) is 12.8 Å². The monoisotopic (exact) mass is 264 g/mol. The van der Waals surface area contributed by atoms with Gasteiger partial charge in [0.15, 0.2) is 0 Å². The zero-order chi connectivity index (χ0) is 9.68. The highest BCUT2D eigenvalue weighted by molar-refractivity contribution is 9.09. The van der Waals surface area contributed by atoms with E-state index in [-0.39, 0.29) is 5.56 Å². The molecule has 0 bridgehead atoms. The molecule has 5 heteroatoms.